The molecule has 0 amide bonds. The molecule has 1 saturated heterocycles. The number of nitrogens with zero attached hydrogens (tertiary/aromatic N) is 1. The Balaban J connectivity index is 2.43. The van der Waals surface area contributed by atoms with Crippen LogP contribution in [0.1, 0.15) is 29.2 Å². The second kappa shape index (κ2) is 5.70. The molecule has 0 bridgehead atoms. The van der Waals surface area contributed by atoms with E-state index in [0.717, 1.165) is 35.8 Å². The van der Waals surface area contributed by atoms with Crippen LogP contribution in [0.15, 0.2) is 6.07 Å². The summed E-state index contributed by atoms with van der Waals surface area (Å²) in [5.74, 6) is 1.34. The van der Waals surface area contributed by atoms with Crippen LogP contribution in [0.3, 0.4) is 0 Å². The lowest BCUT2D eigenvalue weighted by Gasteiger charge is -2.25. The molecule has 0 aliphatic carbocycles. The van der Waals surface area contributed by atoms with E-state index >= 15 is 0 Å². The zero-order valence-electron chi connectivity index (χ0n) is 12.2. The van der Waals surface area contributed by atoms with Crippen molar-refractivity contribution in [1.29, 1.82) is 0 Å². The molecule has 1 aliphatic heterocycles. The summed E-state index contributed by atoms with van der Waals surface area (Å²) in [6.45, 7) is 6.02. The molecule has 3 nitrogen and oxygen atoms in total. The minimum atomic E-state index is 0.414. The zero-order chi connectivity index (χ0) is 14.2. The third-order valence-corrected chi connectivity index (χ3v) is 4.71. The Kier molecular flexibility index (Phi) is 4.39. The van der Waals surface area contributed by atoms with Crippen molar-refractivity contribution in [3.05, 3.63) is 27.8 Å². The summed E-state index contributed by atoms with van der Waals surface area (Å²) in [5.41, 5.74) is 9.53. The fourth-order valence-corrected chi connectivity index (χ4v) is 3.45. The molecule has 1 fully saturated rings. The van der Waals surface area contributed by atoms with E-state index in [1.807, 2.05) is 6.07 Å². The highest BCUT2D eigenvalue weighted by Gasteiger charge is 2.32. The number of halogens is 1. The second-order valence-corrected chi connectivity index (χ2v) is 5.92. The quantitative estimate of drug-likeness (QED) is 0.926. The number of hydrogen-bond donors (Lipinski definition) is 1. The average molecular weight is 283 g/mol. The molecule has 1 aromatic rings. The fourth-order valence-electron chi connectivity index (χ4n) is 3.21. The van der Waals surface area contributed by atoms with Gasteiger partial charge in [-0.2, -0.15) is 0 Å². The number of likely N-dealkylation sites (tertiary alicyclic amines) is 1. The largest absolute Gasteiger partial charge is 0.495 e. The van der Waals surface area contributed by atoms with E-state index in [-0.39, 0.29) is 0 Å². The van der Waals surface area contributed by atoms with Crippen LogP contribution in [-0.2, 0) is 0 Å². The standard InChI is InChI=1S/C15H23ClN2O/c1-9-5-13(19-4)15(16)10(2)14(9)12-6-11(7-17)8-18(12)3/h5,11-12H,6-8,17H2,1-4H3. The summed E-state index contributed by atoms with van der Waals surface area (Å²) in [4.78, 5) is 2.38. The van der Waals surface area contributed by atoms with Crippen LogP contribution in [0, 0.1) is 19.8 Å². The third kappa shape index (κ3) is 2.60. The van der Waals surface area contributed by atoms with E-state index in [0.29, 0.717) is 12.0 Å². The van der Waals surface area contributed by atoms with Crippen molar-refractivity contribution in [3.63, 3.8) is 0 Å². The van der Waals surface area contributed by atoms with Crippen molar-refractivity contribution in [3.8, 4) is 5.75 Å². The highest BCUT2D eigenvalue weighted by molar-refractivity contribution is 6.33. The van der Waals surface area contributed by atoms with Gasteiger partial charge in [0.2, 0.25) is 0 Å². The Morgan fingerprint density at radius 1 is 1.47 bits per heavy atom. The average Bonchev–Trinajstić information content (AvgIpc) is 2.75. The number of nitrogens with two attached hydrogens (primary N) is 1. The van der Waals surface area contributed by atoms with Crippen molar-refractivity contribution in [2.75, 3.05) is 27.2 Å². The smallest absolute Gasteiger partial charge is 0.138 e. The Hall–Kier alpha value is -0.770. The molecule has 19 heavy (non-hydrogen) atoms. The van der Waals surface area contributed by atoms with Crippen LogP contribution in [-0.4, -0.2) is 32.1 Å². The molecule has 2 N–H and O–H groups in total. The van der Waals surface area contributed by atoms with Crippen molar-refractivity contribution < 1.29 is 4.74 Å². The first kappa shape index (κ1) is 14.6. The van der Waals surface area contributed by atoms with Gasteiger partial charge < -0.3 is 10.5 Å². The molecule has 1 aliphatic rings. The van der Waals surface area contributed by atoms with Crippen LogP contribution < -0.4 is 10.5 Å². The Labute approximate surface area is 120 Å². The van der Waals surface area contributed by atoms with Gasteiger partial charge in [0.25, 0.3) is 0 Å². The zero-order valence-corrected chi connectivity index (χ0v) is 12.9. The van der Waals surface area contributed by atoms with Gasteiger partial charge in [0, 0.05) is 12.6 Å². The van der Waals surface area contributed by atoms with Gasteiger partial charge in [-0.05, 0) is 62.5 Å². The molecule has 4 heteroatoms. The Bertz CT molecular complexity index is 476. The normalized spacial score (nSPS) is 23.9. The topological polar surface area (TPSA) is 38.5 Å². The van der Waals surface area contributed by atoms with Crippen LogP contribution >= 0.6 is 11.6 Å². The number of ether oxygens (including phenoxy) is 1. The van der Waals surface area contributed by atoms with Gasteiger partial charge in [-0.25, -0.2) is 0 Å². The van der Waals surface area contributed by atoms with Gasteiger partial charge in [0.15, 0.2) is 0 Å². The molecular weight excluding hydrogens is 260 g/mol. The van der Waals surface area contributed by atoms with Gasteiger partial charge in [-0.3, -0.25) is 4.90 Å². The molecular formula is C15H23ClN2O. The molecule has 1 heterocycles. The van der Waals surface area contributed by atoms with E-state index < -0.39 is 0 Å². The van der Waals surface area contributed by atoms with Crippen LogP contribution in [0.2, 0.25) is 5.02 Å². The number of aryl methyl sites for hydroxylation is 1. The number of hydrogen-bond acceptors (Lipinski definition) is 3. The van der Waals surface area contributed by atoms with Gasteiger partial charge >= 0.3 is 0 Å². The summed E-state index contributed by atoms with van der Waals surface area (Å²) < 4.78 is 5.33. The van der Waals surface area contributed by atoms with Crippen LogP contribution in [0.25, 0.3) is 0 Å². The molecule has 1 aromatic carbocycles. The molecule has 0 saturated carbocycles. The highest BCUT2D eigenvalue weighted by Crippen LogP contribution is 2.41. The monoisotopic (exact) mass is 282 g/mol. The van der Waals surface area contributed by atoms with E-state index in [2.05, 4.69) is 25.8 Å². The lowest BCUT2D eigenvalue weighted by molar-refractivity contribution is 0.311. The number of rotatable bonds is 3. The first-order valence-corrected chi connectivity index (χ1v) is 7.11. The van der Waals surface area contributed by atoms with E-state index in [1.165, 1.54) is 11.1 Å². The van der Waals surface area contributed by atoms with Gasteiger partial charge in [0.1, 0.15) is 5.75 Å². The van der Waals surface area contributed by atoms with E-state index in [1.54, 1.807) is 7.11 Å². The third-order valence-electron chi connectivity index (χ3n) is 4.24. The lowest BCUT2D eigenvalue weighted by Crippen LogP contribution is -2.21. The molecule has 2 unspecified atom stereocenters. The predicted molar refractivity (Wildman–Crippen MR) is 80.0 cm³/mol. The second-order valence-electron chi connectivity index (χ2n) is 5.54. The van der Waals surface area contributed by atoms with E-state index in [4.69, 9.17) is 22.1 Å². The van der Waals surface area contributed by atoms with Gasteiger partial charge in [0.05, 0.1) is 12.1 Å². The maximum Gasteiger partial charge on any atom is 0.138 e. The molecule has 2 rings (SSSR count). The summed E-state index contributed by atoms with van der Waals surface area (Å²) >= 11 is 6.40. The fraction of sp³-hybridized carbons (Fsp3) is 0.600. The molecule has 0 spiro atoms. The minimum Gasteiger partial charge on any atom is -0.495 e. The highest BCUT2D eigenvalue weighted by atomic mass is 35.5. The van der Waals surface area contributed by atoms with E-state index in [9.17, 15) is 0 Å². The Morgan fingerprint density at radius 2 is 2.16 bits per heavy atom. The maximum atomic E-state index is 6.40. The first-order chi connectivity index (χ1) is 8.99. The lowest BCUT2D eigenvalue weighted by atomic mass is 9.92. The SMILES string of the molecule is COc1cc(C)c(C2CC(CN)CN2C)c(C)c1Cl. The predicted octanol–water partition coefficient (Wildman–Crippen LogP) is 2.92. The van der Waals surface area contributed by atoms with Crippen molar-refractivity contribution in [2.45, 2.75) is 26.3 Å². The molecule has 0 aromatic heterocycles. The number of benzene rings is 1. The molecule has 2 atom stereocenters. The summed E-state index contributed by atoms with van der Waals surface area (Å²) in [7, 11) is 3.82. The van der Waals surface area contributed by atoms with Crippen molar-refractivity contribution >= 4 is 11.6 Å². The summed E-state index contributed by atoms with van der Waals surface area (Å²) in [6, 6.07) is 2.45. The Morgan fingerprint density at radius 3 is 2.68 bits per heavy atom. The summed E-state index contributed by atoms with van der Waals surface area (Å²) in [5, 5.41) is 0.729. The van der Waals surface area contributed by atoms with Crippen molar-refractivity contribution in [1.82, 2.24) is 4.90 Å². The van der Waals surface area contributed by atoms with Gasteiger partial charge in [-0.1, -0.05) is 11.6 Å². The van der Waals surface area contributed by atoms with Gasteiger partial charge in [-0.15, -0.1) is 0 Å². The first-order valence-electron chi connectivity index (χ1n) is 6.73. The van der Waals surface area contributed by atoms with Crippen LogP contribution in [0.4, 0.5) is 0 Å². The molecule has 0 radical (unpaired) electrons. The number of methoxy groups -OCH3 is 1. The summed E-state index contributed by atoms with van der Waals surface area (Å²) in [6.07, 6.45) is 1.11. The molecule has 106 valence electrons. The van der Waals surface area contributed by atoms with Crippen LogP contribution in [0.5, 0.6) is 5.75 Å². The minimum absolute atomic E-state index is 0.414. The maximum absolute atomic E-state index is 6.40. The van der Waals surface area contributed by atoms with Crippen molar-refractivity contribution in [2.24, 2.45) is 11.7 Å².